The molecule has 0 atom stereocenters. The first-order chi connectivity index (χ1) is 18.7. The Labute approximate surface area is 236 Å². The highest BCUT2D eigenvalue weighted by Gasteiger charge is 2.32. The minimum atomic E-state index is -3.63. The number of anilines is 1. The maximum Gasteiger partial charge on any atom is 0.257 e. The Morgan fingerprint density at radius 1 is 1.10 bits per heavy atom. The molecule has 9 nitrogen and oxygen atoms in total. The van der Waals surface area contributed by atoms with Gasteiger partial charge in [-0.2, -0.15) is 4.31 Å². The van der Waals surface area contributed by atoms with Crippen LogP contribution in [0.15, 0.2) is 29.2 Å². The molecule has 2 aromatic rings. The third kappa shape index (κ3) is 6.54. The van der Waals surface area contributed by atoms with Crippen molar-refractivity contribution in [3.8, 4) is 0 Å². The second-order valence-electron chi connectivity index (χ2n) is 10.3. The van der Waals surface area contributed by atoms with Crippen molar-refractivity contribution in [2.75, 3.05) is 51.3 Å². The Morgan fingerprint density at radius 2 is 1.79 bits per heavy atom. The van der Waals surface area contributed by atoms with Crippen LogP contribution in [0.5, 0.6) is 0 Å². The van der Waals surface area contributed by atoms with E-state index < -0.39 is 10.0 Å². The van der Waals surface area contributed by atoms with Crippen LogP contribution in [0.2, 0.25) is 0 Å². The summed E-state index contributed by atoms with van der Waals surface area (Å²) in [6.45, 7) is 12.7. The summed E-state index contributed by atoms with van der Waals surface area (Å²) in [5.41, 5.74) is 1.95. The molecule has 0 aliphatic carbocycles. The third-order valence-corrected chi connectivity index (χ3v) is 10.5. The van der Waals surface area contributed by atoms with Gasteiger partial charge in [0.05, 0.1) is 23.7 Å². The molecular weight excluding hydrogens is 536 g/mol. The minimum Gasteiger partial charge on any atom is -0.378 e. The summed E-state index contributed by atoms with van der Waals surface area (Å²) in [6.07, 6.45) is 2.45. The summed E-state index contributed by atoms with van der Waals surface area (Å²) in [6, 6.07) is 6.43. The molecule has 11 heteroatoms. The molecule has 0 spiro atoms. The summed E-state index contributed by atoms with van der Waals surface area (Å²) in [4.78, 5) is 32.4. The summed E-state index contributed by atoms with van der Waals surface area (Å²) >= 11 is 1.47. The van der Waals surface area contributed by atoms with Crippen molar-refractivity contribution in [1.29, 1.82) is 0 Å². The van der Waals surface area contributed by atoms with Crippen molar-refractivity contribution in [3.05, 3.63) is 45.8 Å². The molecule has 0 bridgehead atoms. The number of hydrogen-bond donors (Lipinski definition) is 1. The number of amides is 2. The maximum absolute atomic E-state index is 13.7. The van der Waals surface area contributed by atoms with Crippen molar-refractivity contribution in [2.24, 2.45) is 0 Å². The molecule has 2 aliphatic rings. The Morgan fingerprint density at radius 3 is 2.41 bits per heavy atom. The highest BCUT2D eigenvalue weighted by molar-refractivity contribution is 7.89. The second kappa shape index (κ2) is 12.9. The first-order valence-corrected chi connectivity index (χ1v) is 16.1. The van der Waals surface area contributed by atoms with Crippen LogP contribution in [0.1, 0.15) is 71.7 Å². The molecular formula is C28H40N4O5S2. The fraction of sp³-hybridized carbons (Fsp3) is 0.571. The lowest BCUT2D eigenvalue weighted by atomic mass is 10.0. The average molecular weight is 577 g/mol. The molecule has 4 rings (SSSR count). The average Bonchev–Trinajstić information content (AvgIpc) is 3.30. The fourth-order valence-corrected chi connectivity index (χ4v) is 7.74. The van der Waals surface area contributed by atoms with E-state index in [0.29, 0.717) is 61.6 Å². The quantitative estimate of drug-likeness (QED) is 0.458. The molecule has 0 unspecified atom stereocenters. The number of nitrogens with zero attached hydrogens (tertiary/aromatic N) is 3. The zero-order valence-corrected chi connectivity index (χ0v) is 25.0. The van der Waals surface area contributed by atoms with E-state index in [-0.39, 0.29) is 16.7 Å². The van der Waals surface area contributed by atoms with E-state index in [2.05, 4.69) is 24.1 Å². The van der Waals surface area contributed by atoms with Gasteiger partial charge < -0.3 is 15.0 Å². The summed E-state index contributed by atoms with van der Waals surface area (Å²) < 4.78 is 33.0. The lowest BCUT2D eigenvalue weighted by molar-refractivity contribution is 0.0302. The predicted octanol–water partition coefficient (Wildman–Crippen LogP) is 4.05. The molecule has 0 radical (unpaired) electrons. The zero-order chi connectivity index (χ0) is 28.2. The monoisotopic (exact) mass is 576 g/mol. The fourth-order valence-electron chi connectivity index (χ4n) is 4.99. The number of sulfonamides is 1. The largest absolute Gasteiger partial charge is 0.378 e. The van der Waals surface area contributed by atoms with Crippen LogP contribution in [-0.2, 0) is 27.7 Å². The highest BCUT2D eigenvalue weighted by atomic mass is 32.2. The summed E-state index contributed by atoms with van der Waals surface area (Å²) in [7, 11) is -3.63. The van der Waals surface area contributed by atoms with Crippen molar-refractivity contribution in [3.63, 3.8) is 0 Å². The molecule has 214 valence electrons. The van der Waals surface area contributed by atoms with Gasteiger partial charge in [0.15, 0.2) is 0 Å². The lowest BCUT2D eigenvalue weighted by Crippen LogP contribution is -2.41. The Hall–Kier alpha value is -2.31. The topological polar surface area (TPSA) is 99.3 Å². The van der Waals surface area contributed by atoms with Crippen molar-refractivity contribution in [2.45, 2.75) is 64.4 Å². The van der Waals surface area contributed by atoms with Gasteiger partial charge in [-0.05, 0) is 56.5 Å². The molecule has 1 N–H and O–H groups in total. The molecule has 1 aromatic carbocycles. The highest BCUT2D eigenvalue weighted by Crippen LogP contribution is 2.38. The van der Waals surface area contributed by atoms with Gasteiger partial charge in [0.25, 0.3) is 11.8 Å². The van der Waals surface area contributed by atoms with Gasteiger partial charge in [-0.25, -0.2) is 8.42 Å². The van der Waals surface area contributed by atoms with Crippen LogP contribution in [-0.4, -0.2) is 86.3 Å². The lowest BCUT2D eigenvalue weighted by Gasteiger charge is -2.31. The van der Waals surface area contributed by atoms with Gasteiger partial charge in [-0.1, -0.05) is 20.3 Å². The van der Waals surface area contributed by atoms with E-state index in [0.717, 1.165) is 42.8 Å². The SMILES string of the molecule is CCCCN(CC)S(=O)(=O)c1ccc(C(=O)Nc2sc3c(c2C(=O)N2CCOCC2)CCN(C(C)C)C3)cc1. The van der Waals surface area contributed by atoms with Crippen molar-refractivity contribution < 1.29 is 22.7 Å². The van der Waals surface area contributed by atoms with Crippen LogP contribution in [0.4, 0.5) is 5.00 Å². The Kier molecular flexibility index (Phi) is 9.82. The van der Waals surface area contributed by atoms with Crippen LogP contribution in [0.3, 0.4) is 0 Å². The van der Waals surface area contributed by atoms with Crippen molar-refractivity contribution in [1.82, 2.24) is 14.1 Å². The third-order valence-electron chi connectivity index (χ3n) is 7.42. The van der Waals surface area contributed by atoms with E-state index >= 15 is 0 Å². The van der Waals surface area contributed by atoms with Crippen LogP contribution in [0, 0.1) is 0 Å². The van der Waals surface area contributed by atoms with Gasteiger partial charge in [-0.15, -0.1) is 11.3 Å². The number of ether oxygens (including phenoxy) is 1. The van der Waals surface area contributed by atoms with Gasteiger partial charge in [0.2, 0.25) is 10.0 Å². The van der Waals surface area contributed by atoms with Gasteiger partial charge >= 0.3 is 0 Å². The molecule has 0 saturated carbocycles. The summed E-state index contributed by atoms with van der Waals surface area (Å²) in [5.74, 6) is -0.440. The number of carbonyl (C=O) groups is 2. The molecule has 2 aliphatic heterocycles. The van der Waals surface area contributed by atoms with Crippen LogP contribution in [0.25, 0.3) is 0 Å². The number of benzene rings is 1. The molecule has 1 aromatic heterocycles. The second-order valence-corrected chi connectivity index (χ2v) is 13.3. The normalized spacial score (nSPS) is 16.5. The van der Waals surface area contributed by atoms with Crippen molar-refractivity contribution >= 4 is 38.2 Å². The molecule has 3 heterocycles. The molecule has 2 amide bonds. The molecule has 1 fully saturated rings. The summed E-state index contributed by atoms with van der Waals surface area (Å²) in [5, 5.41) is 3.55. The first kappa shape index (κ1) is 29.7. The van der Waals surface area contributed by atoms with Crippen LogP contribution < -0.4 is 5.32 Å². The first-order valence-electron chi connectivity index (χ1n) is 13.8. The number of morpholine rings is 1. The van der Waals surface area contributed by atoms with Gasteiger partial charge in [0, 0.05) is 55.8 Å². The molecule has 1 saturated heterocycles. The molecule has 39 heavy (non-hydrogen) atoms. The Bertz CT molecular complexity index is 1270. The van der Waals surface area contributed by atoms with E-state index in [9.17, 15) is 18.0 Å². The predicted molar refractivity (Wildman–Crippen MR) is 154 cm³/mol. The zero-order valence-electron chi connectivity index (χ0n) is 23.4. The number of rotatable bonds is 10. The number of unbranched alkanes of at least 4 members (excludes halogenated alkanes) is 1. The smallest absolute Gasteiger partial charge is 0.257 e. The number of nitrogens with one attached hydrogen (secondary N) is 1. The maximum atomic E-state index is 13.7. The van der Waals surface area contributed by atoms with E-state index in [1.54, 1.807) is 4.90 Å². The van der Waals surface area contributed by atoms with Gasteiger partial charge in [0.1, 0.15) is 5.00 Å². The van der Waals surface area contributed by atoms with Gasteiger partial charge in [-0.3, -0.25) is 14.5 Å². The number of carbonyl (C=O) groups excluding carboxylic acids is 2. The van der Waals surface area contributed by atoms with Crippen LogP contribution >= 0.6 is 11.3 Å². The number of hydrogen-bond acceptors (Lipinski definition) is 7. The Balaban J connectivity index is 1.58. The number of fused-ring (bicyclic) bond motifs is 1. The standard InChI is InChI=1S/C28H40N4O5S2/c1-5-7-13-32(6-2)39(35,36)22-10-8-21(9-11-22)26(33)29-27-25(28(34)30-15-17-37-18-16-30)23-12-14-31(20(3)4)19-24(23)38-27/h8-11,20H,5-7,12-19H2,1-4H3,(H,29,33). The number of thiophene rings is 1. The van der Waals surface area contributed by atoms with E-state index in [1.807, 2.05) is 13.8 Å². The van der Waals surface area contributed by atoms with E-state index in [4.69, 9.17) is 4.74 Å². The van der Waals surface area contributed by atoms with E-state index in [1.165, 1.54) is 39.9 Å². The minimum absolute atomic E-state index is 0.0720.